The van der Waals surface area contributed by atoms with Gasteiger partial charge in [-0.2, -0.15) is 0 Å². The normalized spacial score (nSPS) is 9.58. The van der Waals surface area contributed by atoms with E-state index in [1.807, 2.05) is 19.9 Å². The Morgan fingerprint density at radius 3 is 2.32 bits per heavy atom. The van der Waals surface area contributed by atoms with Gasteiger partial charge in [-0.1, -0.05) is 23.8 Å². The first-order chi connectivity index (χ1) is 8.99. The summed E-state index contributed by atoms with van der Waals surface area (Å²) in [5, 5.41) is 14.1. The Kier molecular flexibility index (Phi) is 5.60. The van der Waals surface area contributed by atoms with E-state index in [4.69, 9.17) is 5.11 Å². The molecule has 5 nitrogen and oxygen atoms in total. The van der Waals surface area contributed by atoms with Crippen LogP contribution in [0.3, 0.4) is 0 Å². The molecule has 19 heavy (non-hydrogen) atoms. The lowest BCUT2D eigenvalue weighted by Gasteiger charge is -2.06. The first-order valence-electron chi connectivity index (χ1n) is 5.96. The number of hydrogen-bond acceptors (Lipinski definition) is 2. The first-order valence-corrected chi connectivity index (χ1v) is 5.96. The molecule has 0 aliphatic rings. The highest BCUT2D eigenvalue weighted by atomic mass is 16.4. The summed E-state index contributed by atoms with van der Waals surface area (Å²) in [5.74, 6) is -0.959. The van der Waals surface area contributed by atoms with Crippen LogP contribution in [0, 0.1) is 0 Å². The highest BCUT2D eigenvalue weighted by Crippen LogP contribution is 2.03. The van der Waals surface area contributed by atoms with Gasteiger partial charge in [-0.05, 0) is 31.5 Å². The van der Waals surface area contributed by atoms with E-state index in [0.717, 1.165) is 11.1 Å². The number of carbonyl (C=O) groups excluding carboxylic acids is 1. The summed E-state index contributed by atoms with van der Waals surface area (Å²) in [7, 11) is 0. The van der Waals surface area contributed by atoms with E-state index >= 15 is 0 Å². The van der Waals surface area contributed by atoms with Crippen molar-refractivity contribution in [1.29, 1.82) is 0 Å². The number of carboxylic acid groups (broad SMARTS) is 1. The van der Waals surface area contributed by atoms with E-state index in [-0.39, 0.29) is 11.6 Å². The second-order valence-corrected chi connectivity index (χ2v) is 4.35. The van der Waals surface area contributed by atoms with E-state index in [2.05, 4.69) is 10.6 Å². The average Bonchev–Trinajstić information content (AvgIpc) is 2.36. The minimum atomic E-state index is -0.959. The first kappa shape index (κ1) is 14.8. The van der Waals surface area contributed by atoms with Crippen LogP contribution in [-0.4, -0.2) is 23.7 Å². The molecule has 0 bridgehead atoms. The van der Waals surface area contributed by atoms with Gasteiger partial charge in [0.1, 0.15) is 0 Å². The van der Waals surface area contributed by atoms with Crippen molar-refractivity contribution >= 4 is 12.0 Å². The third kappa shape index (κ3) is 5.72. The lowest BCUT2D eigenvalue weighted by molar-refractivity contribution is 0.0697. The highest BCUT2D eigenvalue weighted by Gasteiger charge is 2.02. The Hall–Kier alpha value is -2.30. The molecule has 0 heterocycles. The van der Waals surface area contributed by atoms with Gasteiger partial charge in [0, 0.05) is 13.1 Å². The van der Waals surface area contributed by atoms with Crippen LogP contribution in [0.15, 0.2) is 35.9 Å². The zero-order chi connectivity index (χ0) is 14.3. The number of aromatic carboxylic acids is 1. The zero-order valence-electron chi connectivity index (χ0n) is 11.1. The topological polar surface area (TPSA) is 78.4 Å². The van der Waals surface area contributed by atoms with E-state index in [1.54, 1.807) is 12.1 Å². The standard InChI is InChI=1S/C14H18N2O3/c1-10(2)7-8-15-14(19)16-9-11-3-5-12(6-4-11)13(17)18/h3-7H,8-9H2,1-2H3,(H,17,18)(H2,15,16,19). The molecule has 0 aliphatic heterocycles. The summed E-state index contributed by atoms with van der Waals surface area (Å²) in [6, 6.07) is 6.14. The minimum absolute atomic E-state index is 0.233. The maximum absolute atomic E-state index is 11.4. The SMILES string of the molecule is CC(C)=CCNC(=O)NCc1ccc(C(=O)O)cc1. The van der Waals surface area contributed by atoms with Gasteiger partial charge < -0.3 is 15.7 Å². The van der Waals surface area contributed by atoms with Gasteiger partial charge in [-0.15, -0.1) is 0 Å². The number of nitrogens with one attached hydrogen (secondary N) is 2. The van der Waals surface area contributed by atoms with Gasteiger partial charge in [0.15, 0.2) is 0 Å². The van der Waals surface area contributed by atoms with Gasteiger partial charge in [0.2, 0.25) is 0 Å². The predicted molar refractivity (Wildman–Crippen MR) is 73.1 cm³/mol. The van der Waals surface area contributed by atoms with Gasteiger partial charge >= 0.3 is 12.0 Å². The Morgan fingerprint density at radius 1 is 1.16 bits per heavy atom. The molecular formula is C14H18N2O3. The molecule has 1 rings (SSSR count). The van der Waals surface area contributed by atoms with Crippen LogP contribution >= 0.6 is 0 Å². The van der Waals surface area contributed by atoms with Crippen LogP contribution in [-0.2, 0) is 6.54 Å². The number of allylic oxidation sites excluding steroid dienone is 1. The Morgan fingerprint density at radius 2 is 1.79 bits per heavy atom. The molecule has 2 amide bonds. The number of carbonyl (C=O) groups is 2. The lowest BCUT2D eigenvalue weighted by Crippen LogP contribution is -2.35. The number of carboxylic acids is 1. The third-order valence-corrected chi connectivity index (χ3v) is 2.43. The van der Waals surface area contributed by atoms with E-state index in [1.165, 1.54) is 12.1 Å². The number of urea groups is 1. The molecular weight excluding hydrogens is 244 g/mol. The van der Waals surface area contributed by atoms with Crippen molar-refractivity contribution < 1.29 is 14.7 Å². The summed E-state index contributed by atoms with van der Waals surface area (Å²) < 4.78 is 0. The van der Waals surface area contributed by atoms with Crippen LogP contribution in [0.1, 0.15) is 29.8 Å². The Balaban J connectivity index is 2.38. The third-order valence-electron chi connectivity index (χ3n) is 2.43. The van der Waals surface area contributed by atoms with Crippen molar-refractivity contribution in [2.24, 2.45) is 0 Å². The Bertz CT molecular complexity index is 474. The van der Waals surface area contributed by atoms with E-state index in [9.17, 15) is 9.59 Å². The van der Waals surface area contributed by atoms with Crippen molar-refractivity contribution in [3.63, 3.8) is 0 Å². The maximum atomic E-state index is 11.4. The van der Waals surface area contributed by atoms with Crippen molar-refractivity contribution in [3.05, 3.63) is 47.0 Å². The van der Waals surface area contributed by atoms with Crippen molar-refractivity contribution in [2.45, 2.75) is 20.4 Å². The molecule has 0 aromatic heterocycles. The summed E-state index contributed by atoms with van der Waals surface area (Å²) >= 11 is 0. The smallest absolute Gasteiger partial charge is 0.335 e. The van der Waals surface area contributed by atoms with Crippen LogP contribution in [0.4, 0.5) is 4.79 Å². The molecule has 0 fully saturated rings. The average molecular weight is 262 g/mol. The quantitative estimate of drug-likeness (QED) is 0.711. The summed E-state index contributed by atoms with van der Waals surface area (Å²) in [6.45, 7) is 4.78. The van der Waals surface area contributed by atoms with Gasteiger partial charge in [0.25, 0.3) is 0 Å². The number of benzene rings is 1. The van der Waals surface area contributed by atoms with Crippen molar-refractivity contribution in [2.75, 3.05) is 6.54 Å². The fourth-order valence-electron chi connectivity index (χ4n) is 1.36. The fraction of sp³-hybridized carbons (Fsp3) is 0.286. The lowest BCUT2D eigenvalue weighted by atomic mass is 10.1. The number of rotatable bonds is 5. The molecule has 1 aromatic rings. The summed E-state index contributed by atoms with van der Waals surface area (Å²) in [6.07, 6.45) is 1.92. The minimum Gasteiger partial charge on any atom is -0.478 e. The molecule has 1 aromatic carbocycles. The maximum Gasteiger partial charge on any atom is 0.335 e. The van der Waals surface area contributed by atoms with Crippen LogP contribution in [0.25, 0.3) is 0 Å². The molecule has 5 heteroatoms. The molecule has 0 unspecified atom stereocenters. The highest BCUT2D eigenvalue weighted by molar-refractivity contribution is 5.87. The molecule has 0 spiro atoms. The van der Waals surface area contributed by atoms with Crippen LogP contribution in [0.5, 0.6) is 0 Å². The van der Waals surface area contributed by atoms with Gasteiger partial charge in [0.05, 0.1) is 5.56 Å². The molecule has 0 aliphatic carbocycles. The number of hydrogen-bond donors (Lipinski definition) is 3. The van der Waals surface area contributed by atoms with Gasteiger partial charge in [-0.25, -0.2) is 9.59 Å². The van der Waals surface area contributed by atoms with Crippen LogP contribution < -0.4 is 10.6 Å². The molecule has 0 saturated heterocycles. The summed E-state index contributed by atoms with van der Waals surface area (Å²) in [4.78, 5) is 22.1. The van der Waals surface area contributed by atoms with E-state index < -0.39 is 5.97 Å². The molecule has 0 atom stereocenters. The molecule has 0 radical (unpaired) electrons. The Labute approximate surface area is 112 Å². The van der Waals surface area contributed by atoms with Crippen molar-refractivity contribution in [3.8, 4) is 0 Å². The number of amides is 2. The fourth-order valence-corrected chi connectivity index (χ4v) is 1.36. The van der Waals surface area contributed by atoms with Gasteiger partial charge in [-0.3, -0.25) is 0 Å². The second-order valence-electron chi connectivity index (χ2n) is 4.35. The molecule has 3 N–H and O–H groups in total. The van der Waals surface area contributed by atoms with Crippen molar-refractivity contribution in [1.82, 2.24) is 10.6 Å². The van der Waals surface area contributed by atoms with E-state index in [0.29, 0.717) is 13.1 Å². The summed E-state index contributed by atoms with van der Waals surface area (Å²) in [5.41, 5.74) is 2.23. The molecule has 102 valence electrons. The largest absolute Gasteiger partial charge is 0.478 e. The zero-order valence-corrected chi connectivity index (χ0v) is 11.1. The predicted octanol–water partition coefficient (Wildman–Crippen LogP) is 2.15. The van der Waals surface area contributed by atoms with Crippen LogP contribution in [0.2, 0.25) is 0 Å². The second kappa shape index (κ2) is 7.20. The monoisotopic (exact) mass is 262 g/mol. The molecule has 0 saturated carbocycles.